The molecule has 1 aromatic heterocycles. The lowest BCUT2D eigenvalue weighted by atomic mass is 9.95. The number of aromatic nitrogens is 2. The number of amides is 2. The second kappa shape index (κ2) is 6.53. The summed E-state index contributed by atoms with van der Waals surface area (Å²) in [5, 5.41) is 3.91. The maximum absolute atomic E-state index is 12.8. The summed E-state index contributed by atoms with van der Waals surface area (Å²) >= 11 is 0. The zero-order valence-electron chi connectivity index (χ0n) is 13.9. The molecule has 0 bridgehead atoms. The molecule has 0 spiro atoms. The first-order valence-electron chi connectivity index (χ1n) is 9.07. The fourth-order valence-corrected chi connectivity index (χ4v) is 4.44. The summed E-state index contributed by atoms with van der Waals surface area (Å²) in [7, 11) is 0. The highest BCUT2D eigenvalue weighted by atomic mass is 16.5. The molecule has 7 heteroatoms. The first-order chi connectivity index (χ1) is 11.7. The van der Waals surface area contributed by atoms with Crippen molar-refractivity contribution in [3.63, 3.8) is 0 Å². The largest absolute Gasteiger partial charge is 0.343 e. The summed E-state index contributed by atoms with van der Waals surface area (Å²) < 4.78 is 4.81. The lowest BCUT2D eigenvalue weighted by molar-refractivity contribution is -0.136. The van der Waals surface area contributed by atoms with Gasteiger partial charge in [-0.2, -0.15) is 4.98 Å². The molecular weight excluding hydrogens is 308 g/mol. The van der Waals surface area contributed by atoms with E-state index >= 15 is 0 Å². The van der Waals surface area contributed by atoms with Gasteiger partial charge in [-0.15, -0.1) is 0 Å². The number of likely N-dealkylation sites (tertiary alicyclic amines) is 2. The van der Waals surface area contributed by atoms with E-state index in [1.54, 1.807) is 0 Å². The minimum Gasteiger partial charge on any atom is -0.343 e. The minimum atomic E-state index is -0.153. The van der Waals surface area contributed by atoms with E-state index in [-0.39, 0.29) is 23.7 Å². The van der Waals surface area contributed by atoms with Crippen LogP contribution in [0.25, 0.3) is 0 Å². The highest BCUT2D eigenvalue weighted by Gasteiger charge is 2.40. The van der Waals surface area contributed by atoms with E-state index < -0.39 is 0 Å². The molecule has 3 heterocycles. The van der Waals surface area contributed by atoms with Crippen molar-refractivity contribution < 1.29 is 14.1 Å². The van der Waals surface area contributed by atoms with Crippen molar-refractivity contribution in [2.24, 2.45) is 5.92 Å². The van der Waals surface area contributed by atoms with Gasteiger partial charge in [-0.05, 0) is 25.7 Å². The minimum absolute atomic E-state index is 0.149. The molecule has 2 saturated heterocycles. The molecule has 7 nitrogen and oxygen atoms in total. The molecule has 0 unspecified atom stereocenters. The van der Waals surface area contributed by atoms with E-state index in [1.165, 1.54) is 19.2 Å². The van der Waals surface area contributed by atoms with Crippen LogP contribution in [0.4, 0.5) is 0 Å². The Balaban J connectivity index is 1.33. The van der Waals surface area contributed by atoms with Crippen LogP contribution in [-0.4, -0.2) is 57.4 Å². The summed E-state index contributed by atoms with van der Waals surface area (Å²) in [6, 6.07) is 0.374. The van der Waals surface area contributed by atoms with E-state index in [0.717, 1.165) is 31.5 Å². The molecular formula is C17H24N4O3. The van der Waals surface area contributed by atoms with Crippen molar-refractivity contribution in [3.05, 3.63) is 12.2 Å². The van der Waals surface area contributed by atoms with Crippen LogP contribution in [0, 0.1) is 5.92 Å². The number of rotatable bonds is 3. The summed E-state index contributed by atoms with van der Waals surface area (Å²) in [6.07, 6.45) is 8.07. The molecule has 1 saturated carbocycles. The third-order valence-electron chi connectivity index (χ3n) is 5.82. The Morgan fingerprint density at radius 2 is 1.92 bits per heavy atom. The lowest BCUT2D eigenvalue weighted by Gasteiger charge is -2.32. The van der Waals surface area contributed by atoms with Crippen LogP contribution in [0.3, 0.4) is 0 Å². The molecule has 24 heavy (non-hydrogen) atoms. The van der Waals surface area contributed by atoms with Gasteiger partial charge in [0, 0.05) is 38.0 Å². The molecule has 2 amide bonds. The van der Waals surface area contributed by atoms with Crippen molar-refractivity contribution in [1.29, 1.82) is 0 Å². The predicted molar refractivity (Wildman–Crippen MR) is 84.9 cm³/mol. The summed E-state index contributed by atoms with van der Waals surface area (Å²) in [5.74, 6) is 1.18. The van der Waals surface area contributed by atoms with Gasteiger partial charge in [0.15, 0.2) is 5.82 Å². The van der Waals surface area contributed by atoms with E-state index in [9.17, 15) is 9.59 Å². The van der Waals surface area contributed by atoms with E-state index in [2.05, 4.69) is 10.1 Å². The Morgan fingerprint density at radius 1 is 1.17 bits per heavy atom. The first kappa shape index (κ1) is 15.6. The van der Waals surface area contributed by atoms with Crippen LogP contribution in [0.5, 0.6) is 0 Å². The van der Waals surface area contributed by atoms with E-state index in [4.69, 9.17) is 4.52 Å². The van der Waals surface area contributed by atoms with Crippen LogP contribution in [-0.2, 0) is 9.59 Å². The van der Waals surface area contributed by atoms with Crippen LogP contribution in [0.1, 0.15) is 56.7 Å². The van der Waals surface area contributed by atoms with Crippen molar-refractivity contribution in [2.75, 3.05) is 19.6 Å². The van der Waals surface area contributed by atoms with Crippen molar-refractivity contribution in [3.8, 4) is 0 Å². The maximum atomic E-state index is 12.8. The van der Waals surface area contributed by atoms with Gasteiger partial charge < -0.3 is 14.3 Å². The van der Waals surface area contributed by atoms with Crippen molar-refractivity contribution in [2.45, 2.75) is 56.9 Å². The van der Waals surface area contributed by atoms with E-state index in [1.807, 2.05) is 9.80 Å². The third-order valence-corrected chi connectivity index (χ3v) is 5.82. The first-order valence-corrected chi connectivity index (χ1v) is 9.07. The Kier molecular flexibility index (Phi) is 4.24. The highest BCUT2D eigenvalue weighted by Crippen LogP contribution is 2.32. The highest BCUT2D eigenvalue weighted by molar-refractivity contribution is 5.89. The van der Waals surface area contributed by atoms with Gasteiger partial charge in [0.2, 0.25) is 18.2 Å². The molecule has 0 radical (unpaired) electrons. The molecule has 3 aliphatic rings. The molecule has 0 aromatic carbocycles. The molecule has 4 rings (SSSR count). The smallest absolute Gasteiger partial charge is 0.227 e. The molecule has 3 fully saturated rings. The summed E-state index contributed by atoms with van der Waals surface area (Å²) in [6.45, 7) is 2.05. The number of hydrogen-bond donors (Lipinski definition) is 0. The fourth-order valence-electron chi connectivity index (χ4n) is 4.44. The summed E-state index contributed by atoms with van der Waals surface area (Å²) in [4.78, 5) is 33.1. The zero-order valence-corrected chi connectivity index (χ0v) is 13.9. The monoisotopic (exact) mass is 332 g/mol. The van der Waals surface area contributed by atoms with Crippen molar-refractivity contribution in [1.82, 2.24) is 19.9 Å². The second-order valence-corrected chi connectivity index (χ2v) is 7.27. The van der Waals surface area contributed by atoms with Crippen LogP contribution in [0.2, 0.25) is 0 Å². The number of nitrogens with zero attached hydrogens (tertiary/aromatic N) is 4. The topological polar surface area (TPSA) is 79.5 Å². The molecule has 130 valence electrons. The van der Waals surface area contributed by atoms with Gasteiger partial charge >= 0.3 is 0 Å². The van der Waals surface area contributed by atoms with Gasteiger partial charge in [-0.1, -0.05) is 18.0 Å². The summed E-state index contributed by atoms with van der Waals surface area (Å²) in [5.41, 5.74) is 0. The van der Waals surface area contributed by atoms with Crippen molar-refractivity contribution >= 4 is 11.8 Å². The fraction of sp³-hybridized carbons (Fsp3) is 0.765. The SMILES string of the molecule is O=C([C@@H]1CC(=O)N(C2CCCC2)C1)N1CCC(c2ncon2)CC1. The average Bonchev–Trinajstić information content (AvgIpc) is 3.35. The van der Waals surface area contributed by atoms with Crippen LogP contribution < -0.4 is 0 Å². The number of carbonyl (C=O) groups is 2. The average molecular weight is 332 g/mol. The van der Waals surface area contributed by atoms with Gasteiger partial charge in [0.05, 0.1) is 5.92 Å². The molecule has 1 atom stereocenters. The molecule has 1 aliphatic carbocycles. The number of piperidine rings is 1. The molecule has 2 aliphatic heterocycles. The third kappa shape index (κ3) is 2.91. The lowest BCUT2D eigenvalue weighted by Crippen LogP contribution is -2.42. The van der Waals surface area contributed by atoms with Gasteiger partial charge in [0.25, 0.3) is 0 Å². The van der Waals surface area contributed by atoms with E-state index in [0.29, 0.717) is 32.1 Å². The van der Waals surface area contributed by atoms with Crippen LogP contribution >= 0.6 is 0 Å². The quantitative estimate of drug-likeness (QED) is 0.839. The van der Waals surface area contributed by atoms with Gasteiger partial charge in [0.1, 0.15) is 0 Å². The molecule has 1 aromatic rings. The van der Waals surface area contributed by atoms with Gasteiger partial charge in [-0.25, -0.2) is 0 Å². The Morgan fingerprint density at radius 3 is 2.58 bits per heavy atom. The Hall–Kier alpha value is -1.92. The number of carbonyl (C=O) groups excluding carboxylic acids is 2. The zero-order chi connectivity index (χ0) is 16.5. The van der Waals surface area contributed by atoms with Gasteiger partial charge in [-0.3, -0.25) is 9.59 Å². The standard InChI is InChI=1S/C17H24N4O3/c22-15-9-13(10-21(15)14-3-1-2-4-14)17(23)20-7-5-12(6-8-20)16-18-11-24-19-16/h11-14H,1-10H2/t13-/m1/s1. The maximum Gasteiger partial charge on any atom is 0.227 e. The van der Waals surface area contributed by atoms with Crippen LogP contribution in [0.15, 0.2) is 10.9 Å². The second-order valence-electron chi connectivity index (χ2n) is 7.27. The molecule has 0 N–H and O–H groups in total. The Bertz CT molecular complexity index is 589. The number of hydrogen-bond acceptors (Lipinski definition) is 5. The Labute approximate surface area is 141 Å². The normalized spacial score (nSPS) is 26.5. The predicted octanol–water partition coefficient (Wildman–Crippen LogP) is 1.57.